The number of nitrogens with two attached hydrogens (primary N) is 1. The van der Waals surface area contributed by atoms with Crippen LogP contribution in [0.25, 0.3) is 11.2 Å². The first-order valence-electron chi connectivity index (χ1n) is 11.3. The summed E-state index contributed by atoms with van der Waals surface area (Å²) >= 11 is 1.13. The van der Waals surface area contributed by atoms with E-state index >= 15 is 0 Å². The zero-order valence-electron chi connectivity index (χ0n) is 20.1. The quantitative estimate of drug-likeness (QED) is 0.315. The molecule has 5 unspecified atom stereocenters. The van der Waals surface area contributed by atoms with E-state index < -0.39 is 18.7 Å². The van der Waals surface area contributed by atoms with Gasteiger partial charge in [-0.1, -0.05) is 25.2 Å². The molecule has 5 atom stereocenters. The van der Waals surface area contributed by atoms with Crippen molar-refractivity contribution >= 4 is 41.2 Å². The molecule has 0 aromatic carbocycles. The van der Waals surface area contributed by atoms with Crippen LogP contribution in [0.15, 0.2) is 6.33 Å². The van der Waals surface area contributed by atoms with Gasteiger partial charge in [-0.15, -0.1) is 0 Å². The van der Waals surface area contributed by atoms with Crippen LogP contribution in [-0.2, 0) is 23.4 Å². The van der Waals surface area contributed by atoms with Crippen molar-refractivity contribution in [1.82, 2.24) is 24.6 Å². The molecule has 0 radical (unpaired) electrons. The summed E-state index contributed by atoms with van der Waals surface area (Å²) in [5, 5.41) is 2.81. The first kappa shape index (κ1) is 26.7. The number of hydrogen-bond acceptors (Lipinski definition) is 11. The molecule has 0 amide bonds. The van der Waals surface area contributed by atoms with Crippen LogP contribution in [0.2, 0.25) is 0 Å². The predicted octanol–water partition coefficient (Wildman–Crippen LogP) is 3.15. The molecule has 0 spiro atoms. The van der Waals surface area contributed by atoms with Gasteiger partial charge in [-0.05, 0) is 27.2 Å². The minimum Gasteiger partial charge on any atom is -0.476 e. The summed E-state index contributed by atoms with van der Waals surface area (Å²) in [5.74, 6) is 0.585. The smallest absolute Gasteiger partial charge is 0.327 e. The Morgan fingerprint density at radius 1 is 1.38 bits per heavy atom. The second-order valence-electron chi connectivity index (χ2n) is 7.82. The summed E-state index contributed by atoms with van der Waals surface area (Å²) in [4.78, 5) is 24.8. The Morgan fingerprint density at radius 3 is 2.82 bits per heavy atom. The van der Waals surface area contributed by atoms with Gasteiger partial charge in [0.05, 0.1) is 32.3 Å². The molecule has 2 aromatic heterocycles. The van der Waals surface area contributed by atoms with E-state index in [1.54, 1.807) is 20.2 Å². The summed E-state index contributed by atoms with van der Waals surface area (Å²) in [6.45, 7) is 6.51. The zero-order valence-corrected chi connectivity index (χ0v) is 21.8. The lowest BCUT2D eigenvalue weighted by Crippen LogP contribution is -2.33. The first-order valence-corrected chi connectivity index (χ1v) is 14.5. The van der Waals surface area contributed by atoms with Crippen LogP contribution >= 0.6 is 18.1 Å². The van der Waals surface area contributed by atoms with Gasteiger partial charge >= 0.3 is 12.7 Å². The number of anilines is 1. The fourth-order valence-electron chi connectivity index (χ4n) is 3.72. The molecule has 14 heteroatoms. The molecule has 3 N–H and O–H groups in total. The Balaban J connectivity index is 1.70. The van der Waals surface area contributed by atoms with Crippen molar-refractivity contribution in [2.24, 2.45) is 5.92 Å². The zero-order chi connectivity index (χ0) is 24.9. The van der Waals surface area contributed by atoms with Crippen molar-refractivity contribution in [3.63, 3.8) is 0 Å². The van der Waals surface area contributed by atoms with Gasteiger partial charge in [-0.25, -0.2) is 10.1 Å². The number of hydrogen-bond donors (Lipinski definition) is 2. The molecule has 1 fully saturated rings. The van der Waals surface area contributed by atoms with Crippen LogP contribution < -0.4 is 15.6 Å². The van der Waals surface area contributed by atoms with Gasteiger partial charge in [0.25, 0.3) is 0 Å². The number of nitrogens with zero attached hydrogens (tertiary/aromatic N) is 4. The molecule has 0 bridgehead atoms. The van der Waals surface area contributed by atoms with Crippen LogP contribution in [0.5, 0.6) is 5.88 Å². The molecule has 1 aliphatic rings. The second-order valence-corrected chi connectivity index (χ2v) is 12.4. The molecule has 3 rings (SSSR count). The van der Waals surface area contributed by atoms with Crippen LogP contribution in [0, 0.1) is 5.92 Å². The molecule has 0 saturated carbocycles. The maximum Gasteiger partial charge on any atom is 0.327 e. The van der Waals surface area contributed by atoms with Gasteiger partial charge in [-0.3, -0.25) is 13.9 Å². The summed E-state index contributed by atoms with van der Waals surface area (Å²) in [6, 6.07) is -0.761. The van der Waals surface area contributed by atoms with Crippen molar-refractivity contribution in [2.45, 2.75) is 59.4 Å². The number of imidazole rings is 1. The number of carbonyl (C=O) groups excluding carboxylic acids is 1. The van der Waals surface area contributed by atoms with Gasteiger partial charge in [0.2, 0.25) is 11.8 Å². The van der Waals surface area contributed by atoms with Crippen LogP contribution in [0.4, 0.5) is 5.95 Å². The van der Waals surface area contributed by atoms with E-state index in [1.165, 1.54) is 0 Å². The van der Waals surface area contributed by atoms with E-state index in [0.717, 1.165) is 11.4 Å². The van der Waals surface area contributed by atoms with Gasteiger partial charge in [-0.2, -0.15) is 9.97 Å². The third-order valence-electron chi connectivity index (χ3n) is 5.14. The highest BCUT2D eigenvalue weighted by atomic mass is 32.7. The fourth-order valence-corrected chi connectivity index (χ4v) is 7.35. The monoisotopic (exact) mass is 516 g/mol. The standard InChI is InChI=1S/C20H33N6O6PS/c1-6-29-17-15-16(23-20(21)24-17)26(11-22-15)18-12(4)9-14(32-18)10-31-33(28,34-8-3)25-13(5)19(27)30-7-2/h11-14,18H,6-10H2,1-5H3,(H,25,28)(H2,21,23,24). The molecular weight excluding hydrogens is 483 g/mol. The summed E-state index contributed by atoms with van der Waals surface area (Å²) in [6.07, 6.45) is 1.63. The van der Waals surface area contributed by atoms with Crippen molar-refractivity contribution in [3.05, 3.63) is 6.33 Å². The number of rotatable bonds is 12. The molecule has 3 heterocycles. The molecule has 1 saturated heterocycles. The number of nitrogens with one attached hydrogen (secondary N) is 1. The Hall–Kier alpha value is -1.92. The SMILES string of the molecule is CCOC(=O)C(C)NP(=O)(OCC1CC(C)C(n2cnc3c(OCC)nc(N)nc32)O1)SCC. The Bertz CT molecular complexity index is 1040. The maximum absolute atomic E-state index is 13.3. The average Bonchev–Trinajstić information content (AvgIpc) is 3.35. The molecular formula is C20H33N6O6PS. The first-order chi connectivity index (χ1) is 16.2. The third-order valence-corrected chi connectivity index (χ3v) is 9.35. The molecule has 0 aliphatic carbocycles. The maximum atomic E-state index is 13.3. The lowest BCUT2D eigenvalue weighted by Gasteiger charge is -2.23. The van der Waals surface area contributed by atoms with Crippen LogP contribution in [-0.4, -0.2) is 63.2 Å². The second kappa shape index (κ2) is 11.7. The van der Waals surface area contributed by atoms with Crippen LogP contribution in [0.1, 0.15) is 47.3 Å². The summed E-state index contributed by atoms with van der Waals surface area (Å²) < 4.78 is 37.7. The van der Waals surface area contributed by atoms with Gasteiger partial charge < -0.3 is 24.5 Å². The van der Waals surface area contributed by atoms with Gasteiger partial charge in [0.1, 0.15) is 12.3 Å². The Labute approximate surface area is 202 Å². The van der Waals surface area contributed by atoms with E-state index in [9.17, 15) is 9.36 Å². The molecule has 190 valence electrons. The Kier molecular flexibility index (Phi) is 9.16. The average molecular weight is 517 g/mol. The normalized spacial score (nSPS) is 23.0. The number of nitrogen functional groups attached to an aromatic ring is 1. The highest BCUT2D eigenvalue weighted by Crippen LogP contribution is 2.56. The summed E-state index contributed by atoms with van der Waals surface area (Å²) in [7, 11) is 0. The molecule has 34 heavy (non-hydrogen) atoms. The van der Waals surface area contributed by atoms with E-state index in [2.05, 4.69) is 20.0 Å². The van der Waals surface area contributed by atoms with Crippen molar-refractivity contribution < 1.29 is 28.1 Å². The summed E-state index contributed by atoms with van der Waals surface area (Å²) in [5.41, 5.74) is 6.90. The molecule has 12 nitrogen and oxygen atoms in total. The molecule has 1 aliphatic heterocycles. The van der Waals surface area contributed by atoms with E-state index in [-0.39, 0.29) is 37.4 Å². The third kappa shape index (κ3) is 6.19. The largest absolute Gasteiger partial charge is 0.476 e. The van der Waals surface area contributed by atoms with Gasteiger partial charge in [0, 0.05) is 11.7 Å². The van der Waals surface area contributed by atoms with Crippen molar-refractivity contribution in [2.75, 3.05) is 31.3 Å². The highest BCUT2D eigenvalue weighted by molar-refractivity contribution is 8.56. The van der Waals surface area contributed by atoms with E-state index in [1.807, 2.05) is 25.3 Å². The highest BCUT2D eigenvalue weighted by Gasteiger charge is 2.37. The van der Waals surface area contributed by atoms with Crippen LogP contribution in [0.3, 0.4) is 0 Å². The minimum atomic E-state index is -3.35. The number of ether oxygens (including phenoxy) is 3. The number of aromatic nitrogens is 4. The van der Waals surface area contributed by atoms with Gasteiger partial charge in [0.15, 0.2) is 11.2 Å². The fraction of sp³-hybridized carbons (Fsp3) is 0.700. The number of fused-ring (bicyclic) bond motifs is 1. The molecule has 2 aromatic rings. The predicted molar refractivity (Wildman–Crippen MR) is 130 cm³/mol. The van der Waals surface area contributed by atoms with Crippen molar-refractivity contribution in [1.29, 1.82) is 0 Å². The van der Waals surface area contributed by atoms with E-state index in [0.29, 0.717) is 35.8 Å². The topological polar surface area (TPSA) is 153 Å². The van der Waals surface area contributed by atoms with Crippen molar-refractivity contribution in [3.8, 4) is 5.88 Å². The minimum absolute atomic E-state index is 0.0857. The lowest BCUT2D eigenvalue weighted by atomic mass is 10.1. The number of carbonyl (C=O) groups is 1. The number of esters is 1. The lowest BCUT2D eigenvalue weighted by molar-refractivity contribution is -0.144. The Morgan fingerprint density at radius 2 is 2.15 bits per heavy atom. The van der Waals surface area contributed by atoms with E-state index in [4.69, 9.17) is 24.5 Å².